The van der Waals surface area contributed by atoms with Crippen molar-refractivity contribution in [1.82, 2.24) is 5.32 Å². The first-order valence-electron chi connectivity index (χ1n) is 5.86. The van der Waals surface area contributed by atoms with E-state index in [1.165, 1.54) is 12.1 Å². The zero-order valence-electron chi connectivity index (χ0n) is 10.2. The second-order valence-electron chi connectivity index (χ2n) is 4.32. The molecule has 2 atom stereocenters. The van der Waals surface area contributed by atoms with E-state index >= 15 is 0 Å². The molecule has 0 bridgehead atoms. The minimum absolute atomic E-state index is 0.0665. The van der Waals surface area contributed by atoms with E-state index in [9.17, 15) is 4.39 Å². The molecular formula is C13H19ClFNO. The molecule has 2 nitrogen and oxygen atoms in total. The van der Waals surface area contributed by atoms with E-state index in [0.717, 1.165) is 18.4 Å². The largest absolute Gasteiger partial charge is 0.396 e. The Morgan fingerprint density at radius 3 is 2.71 bits per heavy atom. The fraction of sp³-hybridized carbons (Fsp3) is 0.538. The predicted octanol–water partition coefficient (Wildman–Crippen LogP) is 3.29. The molecule has 1 aromatic carbocycles. The number of hydrogen-bond donors (Lipinski definition) is 2. The molecule has 0 saturated carbocycles. The smallest absolute Gasteiger partial charge is 0.124 e. The van der Waals surface area contributed by atoms with Crippen LogP contribution in [0.3, 0.4) is 0 Å². The van der Waals surface area contributed by atoms with Crippen molar-refractivity contribution in [3.05, 3.63) is 34.6 Å². The first-order valence-corrected chi connectivity index (χ1v) is 6.24. The van der Waals surface area contributed by atoms with Crippen molar-refractivity contribution in [2.45, 2.75) is 38.8 Å². The van der Waals surface area contributed by atoms with Crippen LogP contribution in [-0.4, -0.2) is 17.8 Å². The Labute approximate surface area is 107 Å². The fourth-order valence-electron chi connectivity index (χ4n) is 1.85. The molecule has 1 rings (SSSR count). The Balaban J connectivity index is 2.60. The number of aliphatic hydroxyl groups excluding tert-OH is 1. The molecule has 0 fully saturated rings. The number of hydrogen-bond acceptors (Lipinski definition) is 2. The van der Waals surface area contributed by atoms with Crippen LogP contribution in [0.25, 0.3) is 0 Å². The number of benzene rings is 1. The van der Waals surface area contributed by atoms with Gasteiger partial charge >= 0.3 is 0 Å². The molecule has 4 heteroatoms. The van der Waals surface area contributed by atoms with Crippen molar-refractivity contribution in [2.24, 2.45) is 0 Å². The Hall–Kier alpha value is -0.640. The molecule has 2 N–H and O–H groups in total. The normalized spacial score (nSPS) is 14.6. The van der Waals surface area contributed by atoms with Gasteiger partial charge in [0.05, 0.1) is 0 Å². The average Bonchev–Trinajstić information content (AvgIpc) is 2.26. The monoisotopic (exact) mass is 259 g/mol. The molecule has 0 amide bonds. The van der Waals surface area contributed by atoms with Crippen molar-refractivity contribution in [3.8, 4) is 0 Å². The van der Waals surface area contributed by atoms with Crippen molar-refractivity contribution in [3.63, 3.8) is 0 Å². The Kier molecular flexibility index (Phi) is 5.89. The second kappa shape index (κ2) is 6.94. The topological polar surface area (TPSA) is 32.3 Å². The summed E-state index contributed by atoms with van der Waals surface area (Å²) in [7, 11) is 0. The maximum absolute atomic E-state index is 12.9. The minimum atomic E-state index is -0.320. The number of aliphatic hydroxyl groups is 1. The van der Waals surface area contributed by atoms with E-state index in [1.54, 1.807) is 6.07 Å². The van der Waals surface area contributed by atoms with Crippen molar-refractivity contribution >= 4 is 11.6 Å². The van der Waals surface area contributed by atoms with Crippen LogP contribution < -0.4 is 5.32 Å². The lowest BCUT2D eigenvalue weighted by Gasteiger charge is -2.21. The lowest BCUT2D eigenvalue weighted by molar-refractivity contribution is 0.274. The van der Waals surface area contributed by atoms with Gasteiger partial charge in [0, 0.05) is 23.7 Å². The van der Waals surface area contributed by atoms with Gasteiger partial charge in [-0.15, -0.1) is 0 Å². The third kappa shape index (κ3) is 4.62. The summed E-state index contributed by atoms with van der Waals surface area (Å²) in [6.07, 6.45) is 1.68. The Morgan fingerprint density at radius 1 is 1.41 bits per heavy atom. The van der Waals surface area contributed by atoms with Gasteiger partial charge < -0.3 is 10.4 Å². The standard InChI is InChI=1S/C13H19ClFNO/c1-9(4-3-7-17)16-10(2)12-6-5-11(15)8-13(12)14/h5-6,8-10,16-17H,3-4,7H2,1-2H3. The zero-order valence-corrected chi connectivity index (χ0v) is 11.0. The Bertz CT molecular complexity index is 359. The molecule has 0 aliphatic rings. The molecule has 0 aliphatic carbocycles. The van der Waals surface area contributed by atoms with Gasteiger partial charge in [-0.3, -0.25) is 0 Å². The second-order valence-corrected chi connectivity index (χ2v) is 4.73. The average molecular weight is 260 g/mol. The van der Waals surface area contributed by atoms with Crippen molar-refractivity contribution in [1.29, 1.82) is 0 Å². The summed E-state index contributed by atoms with van der Waals surface area (Å²) in [6.45, 7) is 4.26. The van der Waals surface area contributed by atoms with E-state index in [1.807, 2.05) is 6.92 Å². The quantitative estimate of drug-likeness (QED) is 0.822. The summed E-state index contributed by atoms with van der Waals surface area (Å²) < 4.78 is 12.9. The van der Waals surface area contributed by atoms with Gasteiger partial charge in [-0.1, -0.05) is 17.7 Å². The number of rotatable bonds is 6. The van der Waals surface area contributed by atoms with Crippen LogP contribution in [0.15, 0.2) is 18.2 Å². The fourth-order valence-corrected chi connectivity index (χ4v) is 2.18. The SMILES string of the molecule is CC(CCCO)NC(C)c1ccc(F)cc1Cl. The highest BCUT2D eigenvalue weighted by molar-refractivity contribution is 6.31. The van der Waals surface area contributed by atoms with E-state index in [2.05, 4.69) is 12.2 Å². The lowest BCUT2D eigenvalue weighted by Crippen LogP contribution is -2.29. The van der Waals surface area contributed by atoms with Crippen LogP contribution in [0.4, 0.5) is 4.39 Å². The summed E-state index contributed by atoms with van der Waals surface area (Å²) in [6, 6.07) is 4.80. The van der Waals surface area contributed by atoms with Crippen LogP contribution in [-0.2, 0) is 0 Å². The predicted molar refractivity (Wildman–Crippen MR) is 68.7 cm³/mol. The molecular weight excluding hydrogens is 241 g/mol. The first-order chi connectivity index (χ1) is 8.04. The van der Waals surface area contributed by atoms with E-state index < -0.39 is 0 Å². The highest BCUT2D eigenvalue weighted by Crippen LogP contribution is 2.24. The highest BCUT2D eigenvalue weighted by atomic mass is 35.5. The van der Waals surface area contributed by atoms with Crippen LogP contribution in [0, 0.1) is 5.82 Å². The van der Waals surface area contributed by atoms with E-state index in [0.29, 0.717) is 11.1 Å². The molecule has 96 valence electrons. The molecule has 0 saturated heterocycles. The summed E-state index contributed by atoms with van der Waals surface area (Å²) in [5, 5.41) is 12.6. The summed E-state index contributed by atoms with van der Waals surface area (Å²) in [5.74, 6) is -0.320. The summed E-state index contributed by atoms with van der Waals surface area (Å²) >= 11 is 5.99. The van der Waals surface area contributed by atoms with Crippen molar-refractivity contribution in [2.75, 3.05) is 6.61 Å². The van der Waals surface area contributed by atoms with Gasteiger partial charge in [-0.25, -0.2) is 4.39 Å². The highest BCUT2D eigenvalue weighted by Gasteiger charge is 2.12. The van der Waals surface area contributed by atoms with Crippen LogP contribution >= 0.6 is 11.6 Å². The maximum atomic E-state index is 12.9. The zero-order chi connectivity index (χ0) is 12.8. The van der Waals surface area contributed by atoms with Crippen LogP contribution in [0.1, 0.15) is 38.3 Å². The molecule has 1 aromatic rings. The molecule has 0 heterocycles. The Morgan fingerprint density at radius 2 is 2.12 bits per heavy atom. The van der Waals surface area contributed by atoms with E-state index in [4.69, 9.17) is 16.7 Å². The van der Waals surface area contributed by atoms with Gasteiger partial charge in [0.25, 0.3) is 0 Å². The first kappa shape index (κ1) is 14.4. The van der Waals surface area contributed by atoms with Crippen LogP contribution in [0.5, 0.6) is 0 Å². The van der Waals surface area contributed by atoms with Gasteiger partial charge in [-0.2, -0.15) is 0 Å². The van der Waals surface area contributed by atoms with Gasteiger partial charge in [0.15, 0.2) is 0 Å². The summed E-state index contributed by atoms with van der Waals surface area (Å²) in [4.78, 5) is 0. The molecule has 0 spiro atoms. The molecule has 0 aliphatic heterocycles. The van der Waals surface area contributed by atoms with Crippen LogP contribution in [0.2, 0.25) is 5.02 Å². The number of halogens is 2. The van der Waals surface area contributed by atoms with E-state index in [-0.39, 0.29) is 18.5 Å². The minimum Gasteiger partial charge on any atom is -0.396 e. The third-order valence-corrected chi connectivity index (χ3v) is 3.09. The maximum Gasteiger partial charge on any atom is 0.124 e. The molecule has 0 aromatic heterocycles. The van der Waals surface area contributed by atoms with Crippen molar-refractivity contribution < 1.29 is 9.50 Å². The van der Waals surface area contributed by atoms with Gasteiger partial charge in [0.2, 0.25) is 0 Å². The number of nitrogens with one attached hydrogen (secondary N) is 1. The molecule has 17 heavy (non-hydrogen) atoms. The summed E-state index contributed by atoms with van der Waals surface area (Å²) in [5.41, 5.74) is 0.893. The van der Waals surface area contributed by atoms with Gasteiger partial charge in [0.1, 0.15) is 5.82 Å². The lowest BCUT2D eigenvalue weighted by atomic mass is 10.1. The molecule has 2 unspecified atom stereocenters. The third-order valence-electron chi connectivity index (χ3n) is 2.76. The van der Waals surface area contributed by atoms with Gasteiger partial charge in [-0.05, 0) is 44.4 Å². The molecule has 0 radical (unpaired) electrons.